The van der Waals surface area contributed by atoms with Crippen LogP contribution in [0.4, 0.5) is 0 Å². The van der Waals surface area contributed by atoms with E-state index in [-0.39, 0.29) is 12.8 Å². The molecule has 5 heteroatoms. The molecular formula is C9H16O4S. The van der Waals surface area contributed by atoms with Crippen molar-refractivity contribution < 1.29 is 18.3 Å². The van der Waals surface area contributed by atoms with E-state index in [9.17, 15) is 13.2 Å². The van der Waals surface area contributed by atoms with Crippen LogP contribution in [0.25, 0.3) is 0 Å². The molecule has 1 fully saturated rings. The van der Waals surface area contributed by atoms with Crippen molar-refractivity contribution in [2.24, 2.45) is 5.92 Å². The fourth-order valence-corrected chi connectivity index (χ4v) is 3.27. The van der Waals surface area contributed by atoms with E-state index in [1.807, 2.05) is 6.92 Å². The summed E-state index contributed by atoms with van der Waals surface area (Å²) in [5, 5.41) is 9.03. The van der Waals surface area contributed by atoms with Crippen molar-refractivity contribution in [1.82, 2.24) is 0 Å². The van der Waals surface area contributed by atoms with Crippen molar-refractivity contribution in [3.8, 4) is 0 Å². The third-order valence-electron chi connectivity index (χ3n) is 3.18. The van der Waals surface area contributed by atoms with E-state index < -0.39 is 20.6 Å². The van der Waals surface area contributed by atoms with Gasteiger partial charge in [0, 0.05) is 6.26 Å². The Labute approximate surface area is 84.2 Å². The molecule has 0 bridgehead atoms. The molecule has 1 aliphatic carbocycles. The molecule has 1 N–H and O–H groups in total. The summed E-state index contributed by atoms with van der Waals surface area (Å²) in [5.41, 5.74) is 0. The lowest BCUT2D eigenvalue weighted by Crippen LogP contribution is -2.48. The van der Waals surface area contributed by atoms with Gasteiger partial charge in [-0.2, -0.15) is 0 Å². The quantitative estimate of drug-likeness (QED) is 0.755. The molecule has 0 aliphatic heterocycles. The number of hydrogen-bond acceptors (Lipinski definition) is 3. The van der Waals surface area contributed by atoms with Crippen LogP contribution in [0.1, 0.15) is 32.6 Å². The van der Waals surface area contributed by atoms with Gasteiger partial charge in [-0.05, 0) is 31.6 Å². The van der Waals surface area contributed by atoms with Gasteiger partial charge < -0.3 is 5.11 Å². The minimum atomic E-state index is -3.51. The smallest absolute Gasteiger partial charge is 0.325 e. The van der Waals surface area contributed by atoms with Crippen molar-refractivity contribution in [2.45, 2.75) is 37.4 Å². The average Bonchev–Trinajstić information content (AvgIpc) is 2.02. The van der Waals surface area contributed by atoms with E-state index in [1.54, 1.807) is 0 Å². The number of hydrogen-bond donors (Lipinski definition) is 1. The first-order valence-corrected chi connectivity index (χ1v) is 6.62. The van der Waals surface area contributed by atoms with E-state index in [0.717, 1.165) is 6.26 Å². The summed E-state index contributed by atoms with van der Waals surface area (Å²) in [6.07, 6.45) is 2.89. The molecular weight excluding hydrogens is 204 g/mol. The second kappa shape index (κ2) is 3.53. The zero-order valence-corrected chi connectivity index (χ0v) is 9.30. The van der Waals surface area contributed by atoms with Gasteiger partial charge in [0.1, 0.15) is 0 Å². The monoisotopic (exact) mass is 220 g/mol. The summed E-state index contributed by atoms with van der Waals surface area (Å²) in [6.45, 7) is 2.02. The fourth-order valence-electron chi connectivity index (χ4n) is 1.97. The number of carbonyl (C=O) groups is 1. The second-order valence-electron chi connectivity index (χ2n) is 4.25. The minimum absolute atomic E-state index is 0.252. The maximum Gasteiger partial charge on any atom is 0.325 e. The predicted molar refractivity (Wildman–Crippen MR) is 52.8 cm³/mol. The zero-order chi connectivity index (χ0) is 11.0. The average molecular weight is 220 g/mol. The van der Waals surface area contributed by atoms with Gasteiger partial charge in [0.15, 0.2) is 14.6 Å². The SMILES string of the molecule is CC1CCC(C(=O)O)(S(C)(=O)=O)CC1. The van der Waals surface area contributed by atoms with Gasteiger partial charge in [-0.15, -0.1) is 0 Å². The zero-order valence-electron chi connectivity index (χ0n) is 8.49. The molecule has 0 atom stereocenters. The van der Waals surface area contributed by atoms with Crippen molar-refractivity contribution in [1.29, 1.82) is 0 Å². The summed E-state index contributed by atoms with van der Waals surface area (Å²) >= 11 is 0. The lowest BCUT2D eigenvalue weighted by Gasteiger charge is -2.33. The Morgan fingerprint density at radius 1 is 1.36 bits per heavy atom. The Kier molecular flexibility index (Phi) is 2.90. The molecule has 0 aromatic carbocycles. The third kappa shape index (κ3) is 1.78. The lowest BCUT2D eigenvalue weighted by atomic mass is 9.82. The van der Waals surface area contributed by atoms with Crippen LogP contribution >= 0.6 is 0 Å². The topological polar surface area (TPSA) is 71.4 Å². The molecule has 0 radical (unpaired) electrons. The molecule has 14 heavy (non-hydrogen) atoms. The highest BCUT2D eigenvalue weighted by molar-refractivity contribution is 7.92. The molecule has 1 rings (SSSR count). The molecule has 0 amide bonds. The maximum atomic E-state index is 11.5. The number of aliphatic carboxylic acids is 1. The molecule has 4 nitrogen and oxygen atoms in total. The highest BCUT2D eigenvalue weighted by Gasteiger charge is 2.49. The maximum absolute atomic E-state index is 11.5. The molecule has 82 valence electrons. The van der Waals surface area contributed by atoms with Crippen LogP contribution in [-0.4, -0.2) is 30.5 Å². The first-order chi connectivity index (χ1) is 6.29. The number of carboxylic acids is 1. The third-order valence-corrected chi connectivity index (χ3v) is 5.18. The van der Waals surface area contributed by atoms with Gasteiger partial charge in [-0.25, -0.2) is 8.42 Å². The number of carboxylic acid groups (broad SMARTS) is 1. The lowest BCUT2D eigenvalue weighted by molar-refractivity contribution is -0.141. The Balaban J connectivity index is 3.03. The Morgan fingerprint density at radius 3 is 2.07 bits per heavy atom. The summed E-state index contributed by atoms with van der Waals surface area (Å²) in [5.74, 6) is -0.754. The van der Waals surface area contributed by atoms with Crippen LogP contribution in [0.5, 0.6) is 0 Å². The predicted octanol–water partition coefficient (Wildman–Crippen LogP) is 1.06. The van der Waals surface area contributed by atoms with Crippen LogP contribution in [0.3, 0.4) is 0 Å². The van der Waals surface area contributed by atoms with Crippen LogP contribution in [0.2, 0.25) is 0 Å². The van der Waals surface area contributed by atoms with Crippen LogP contribution < -0.4 is 0 Å². The summed E-state index contributed by atoms with van der Waals surface area (Å²) in [6, 6.07) is 0. The van der Waals surface area contributed by atoms with Gasteiger partial charge in [0.25, 0.3) is 0 Å². The molecule has 0 saturated heterocycles. The standard InChI is InChI=1S/C9H16O4S/c1-7-3-5-9(6-4-7,8(10)11)14(2,12)13/h7H,3-6H2,1-2H3,(H,10,11). The van der Waals surface area contributed by atoms with E-state index in [4.69, 9.17) is 5.11 Å². The number of sulfone groups is 1. The Morgan fingerprint density at radius 2 is 1.79 bits per heavy atom. The Hall–Kier alpha value is -0.580. The molecule has 1 saturated carbocycles. The van der Waals surface area contributed by atoms with Gasteiger partial charge in [0.2, 0.25) is 0 Å². The summed E-state index contributed by atoms with van der Waals surface area (Å²) in [7, 11) is -3.51. The van der Waals surface area contributed by atoms with E-state index in [0.29, 0.717) is 18.8 Å². The first kappa shape index (κ1) is 11.5. The van der Waals surface area contributed by atoms with Gasteiger partial charge in [0.05, 0.1) is 0 Å². The molecule has 0 unspecified atom stereocenters. The second-order valence-corrected chi connectivity index (χ2v) is 6.58. The van der Waals surface area contributed by atoms with Crippen molar-refractivity contribution in [3.63, 3.8) is 0 Å². The molecule has 0 heterocycles. The van der Waals surface area contributed by atoms with Crippen LogP contribution in [-0.2, 0) is 14.6 Å². The normalized spacial score (nSPS) is 34.0. The summed E-state index contributed by atoms with van der Waals surface area (Å²) < 4.78 is 21.4. The molecule has 0 aromatic heterocycles. The first-order valence-electron chi connectivity index (χ1n) is 4.72. The van der Waals surface area contributed by atoms with E-state index in [1.165, 1.54) is 0 Å². The van der Waals surface area contributed by atoms with E-state index in [2.05, 4.69) is 0 Å². The Bertz CT molecular complexity index is 323. The fraction of sp³-hybridized carbons (Fsp3) is 0.889. The highest BCUT2D eigenvalue weighted by Crippen LogP contribution is 2.37. The van der Waals surface area contributed by atoms with Gasteiger partial charge >= 0.3 is 5.97 Å². The van der Waals surface area contributed by atoms with Gasteiger partial charge in [-0.1, -0.05) is 6.92 Å². The highest BCUT2D eigenvalue weighted by atomic mass is 32.2. The largest absolute Gasteiger partial charge is 0.480 e. The molecule has 1 aliphatic rings. The summed E-state index contributed by atoms with van der Waals surface area (Å²) in [4.78, 5) is 11.1. The van der Waals surface area contributed by atoms with Crippen LogP contribution in [0.15, 0.2) is 0 Å². The van der Waals surface area contributed by atoms with Crippen LogP contribution in [0, 0.1) is 5.92 Å². The van der Waals surface area contributed by atoms with Crippen molar-refractivity contribution >= 4 is 15.8 Å². The van der Waals surface area contributed by atoms with Crippen molar-refractivity contribution in [3.05, 3.63) is 0 Å². The number of rotatable bonds is 2. The molecule has 0 spiro atoms. The minimum Gasteiger partial charge on any atom is -0.480 e. The molecule has 0 aromatic rings. The van der Waals surface area contributed by atoms with Crippen molar-refractivity contribution in [2.75, 3.05) is 6.26 Å². The van der Waals surface area contributed by atoms with E-state index >= 15 is 0 Å². The van der Waals surface area contributed by atoms with Gasteiger partial charge in [-0.3, -0.25) is 4.79 Å².